The monoisotopic (exact) mass is 239 g/mol. The van der Waals surface area contributed by atoms with Gasteiger partial charge in [0.05, 0.1) is 0 Å². The van der Waals surface area contributed by atoms with Gasteiger partial charge in [-0.2, -0.15) is 24.6 Å². The molecule has 3 heteroatoms. The zero-order valence-electron chi connectivity index (χ0n) is 6.48. The van der Waals surface area contributed by atoms with E-state index >= 15 is 0 Å². The molecule has 0 aliphatic heterocycles. The third-order valence-corrected chi connectivity index (χ3v) is 1.12. The molecule has 0 amide bonds. The third-order valence-electron chi connectivity index (χ3n) is 1.12. The van der Waals surface area contributed by atoms with Crippen molar-refractivity contribution >= 4 is 0 Å². The summed E-state index contributed by atoms with van der Waals surface area (Å²) >= 11 is 0. The molecule has 0 aliphatic rings. The SMILES string of the molecule is [CH2-]c1ccc(C)cc1.[Cl-].[Cl-].[Zn+2]. The fourth-order valence-electron chi connectivity index (χ4n) is 0.588. The second-order valence-electron chi connectivity index (χ2n) is 1.99. The molecule has 11 heavy (non-hydrogen) atoms. The van der Waals surface area contributed by atoms with Crippen molar-refractivity contribution in [2.75, 3.05) is 0 Å². The van der Waals surface area contributed by atoms with Crippen molar-refractivity contribution in [2.24, 2.45) is 0 Å². The summed E-state index contributed by atoms with van der Waals surface area (Å²) in [6, 6.07) is 8.13. The van der Waals surface area contributed by atoms with Gasteiger partial charge in [-0.25, -0.2) is 0 Å². The van der Waals surface area contributed by atoms with Gasteiger partial charge in [-0.3, -0.25) is 0 Å². The minimum absolute atomic E-state index is 0. The minimum Gasteiger partial charge on any atom is -1.00 e. The fraction of sp³-hybridized carbons (Fsp3) is 0.125. The van der Waals surface area contributed by atoms with E-state index in [-0.39, 0.29) is 44.3 Å². The van der Waals surface area contributed by atoms with Gasteiger partial charge in [0.2, 0.25) is 0 Å². The van der Waals surface area contributed by atoms with Crippen LogP contribution in [0.15, 0.2) is 24.3 Å². The first-order chi connectivity index (χ1) is 3.79. The maximum Gasteiger partial charge on any atom is 2.00 e. The average molecular weight is 241 g/mol. The second kappa shape index (κ2) is 8.39. The summed E-state index contributed by atoms with van der Waals surface area (Å²) in [6.45, 7) is 5.83. The molecule has 0 atom stereocenters. The molecule has 0 aliphatic carbocycles. The van der Waals surface area contributed by atoms with Crippen molar-refractivity contribution in [3.05, 3.63) is 42.3 Å². The van der Waals surface area contributed by atoms with Crippen LogP contribution in [-0.4, -0.2) is 0 Å². The van der Waals surface area contributed by atoms with E-state index in [4.69, 9.17) is 0 Å². The van der Waals surface area contributed by atoms with Crippen LogP contribution in [0.4, 0.5) is 0 Å². The topological polar surface area (TPSA) is 0 Å². The molecule has 1 rings (SSSR count). The predicted octanol–water partition coefficient (Wildman–Crippen LogP) is -3.82. The normalized spacial score (nSPS) is 6.64. The van der Waals surface area contributed by atoms with E-state index in [2.05, 4.69) is 26.0 Å². The molecule has 0 saturated carbocycles. The summed E-state index contributed by atoms with van der Waals surface area (Å²) in [5, 5.41) is 0. The largest absolute Gasteiger partial charge is 2.00 e. The van der Waals surface area contributed by atoms with Gasteiger partial charge in [0.15, 0.2) is 0 Å². The van der Waals surface area contributed by atoms with Gasteiger partial charge >= 0.3 is 19.5 Å². The summed E-state index contributed by atoms with van der Waals surface area (Å²) in [7, 11) is 0. The molecule has 0 fully saturated rings. The van der Waals surface area contributed by atoms with Gasteiger partial charge in [0.25, 0.3) is 0 Å². The maximum absolute atomic E-state index is 3.76. The number of halogens is 2. The van der Waals surface area contributed by atoms with E-state index in [1.165, 1.54) is 5.56 Å². The summed E-state index contributed by atoms with van der Waals surface area (Å²) < 4.78 is 0. The van der Waals surface area contributed by atoms with Gasteiger partial charge in [-0.15, -0.1) is 12.1 Å². The van der Waals surface area contributed by atoms with Gasteiger partial charge in [-0.05, 0) is 6.92 Å². The van der Waals surface area contributed by atoms with Crippen LogP contribution >= 0.6 is 0 Å². The Bertz CT molecular complexity index is 151. The van der Waals surface area contributed by atoms with E-state index in [0.29, 0.717) is 0 Å². The van der Waals surface area contributed by atoms with Gasteiger partial charge in [0.1, 0.15) is 0 Å². The number of hydrogen-bond acceptors (Lipinski definition) is 0. The summed E-state index contributed by atoms with van der Waals surface area (Å²) in [6.07, 6.45) is 0. The van der Waals surface area contributed by atoms with Crippen molar-refractivity contribution in [2.45, 2.75) is 6.92 Å². The molecule has 0 nitrogen and oxygen atoms in total. The molecular weight excluding hydrogens is 232 g/mol. The van der Waals surface area contributed by atoms with E-state index in [1.807, 2.05) is 12.1 Å². The van der Waals surface area contributed by atoms with Crippen LogP contribution in [0.1, 0.15) is 11.1 Å². The average Bonchev–Trinajstić information content (AvgIpc) is 1.77. The predicted molar refractivity (Wildman–Crippen MR) is 35.6 cm³/mol. The van der Waals surface area contributed by atoms with Crippen LogP contribution in [0.5, 0.6) is 0 Å². The Hall–Kier alpha value is 0.293. The Balaban J connectivity index is -0.000000213. The quantitative estimate of drug-likeness (QED) is 0.323. The van der Waals surface area contributed by atoms with Crippen LogP contribution in [-0.2, 0) is 19.5 Å². The van der Waals surface area contributed by atoms with Gasteiger partial charge < -0.3 is 24.8 Å². The number of rotatable bonds is 0. The van der Waals surface area contributed by atoms with E-state index in [9.17, 15) is 0 Å². The van der Waals surface area contributed by atoms with Crippen molar-refractivity contribution in [1.29, 1.82) is 0 Å². The van der Waals surface area contributed by atoms with Crippen molar-refractivity contribution in [3.8, 4) is 0 Å². The molecular formula is C8H9Cl2Zn-. The maximum atomic E-state index is 3.76. The van der Waals surface area contributed by atoms with Crippen molar-refractivity contribution < 1.29 is 44.3 Å². The standard InChI is InChI=1S/C8H9.2ClH.Zn/c1-7-3-5-8(2)6-4-7;;;/h3-6H,1H2,2H3;2*1H;/q-1;;;+2/p-2. The van der Waals surface area contributed by atoms with Crippen molar-refractivity contribution in [3.63, 3.8) is 0 Å². The summed E-state index contributed by atoms with van der Waals surface area (Å²) in [5.41, 5.74) is 2.37. The van der Waals surface area contributed by atoms with Crippen LogP contribution in [0.25, 0.3) is 0 Å². The Morgan fingerprint density at radius 3 is 1.64 bits per heavy atom. The molecule has 0 radical (unpaired) electrons. The molecule has 1 aromatic carbocycles. The Kier molecular flexibility index (Phi) is 13.3. The molecule has 0 heterocycles. The Morgan fingerprint density at radius 2 is 1.36 bits per heavy atom. The molecule has 0 bridgehead atoms. The zero-order valence-corrected chi connectivity index (χ0v) is 11.0. The summed E-state index contributed by atoms with van der Waals surface area (Å²) in [5.74, 6) is 0. The molecule has 0 unspecified atom stereocenters. The number of benzene rings is 1. The molecule has 0 spiro atoms. The van der Waals surface area contributed by atoms with Crippen LogP contribution in [0.3, 0.4) is 0 Å². The van der Waals surface area contributed by atoms with Crippen LogP contribution < -0.4 is 24.8 Å². The smallest absolute Gasteiger partial charge is 1.00 e. The second-order valence-corrected chi connectivity index (χ2v) is 1.99. The van der Waals surface area contributed by atoms with E-state index in [0.717, 1.165) is 5.56 Å². The number of aryl methyl sites for hydroxylation is 1. The molecule has 0 saturated heterocycles. The van der Waals surface area contributed by atoms with Gasteiger partial charge in [0, 0.05) is 0 Å². The Labute approximate surface area is 93.4 Å². The summed E-state index contributed by atoms with van der Waals surface area (Å²) in [4.78, 5) is 0. The van der Waals surface area contributed by atoms with Gasteiger partial charge in [-0.1, -0.05) is 5.56 Å². The van der Waals surface area contributed by atoms with Crippen molar-refractivity contribution in [1.82, 2.24) is 0 Å². The van der Waals surface area contributed by atoms with Crippen LogP contribution in [0, 0.1) is 13.8 Å². The first-order valence-electron chi connectivity index (χ1n) is 2.67. The third kappa shape index (κ3) is 6.68. The first-order valence-corrected chi connectivity index (χ1v) is 2.67. The van der Waals surface area contributed by atoms with E-state index in [1.54, 1.807) is 0 Å². The molecule has 58 valence electrons. The van der Waals surface area contributed by atoms with Crippen LogP contribution in [0.2, 0.25) is 0 Å². The first kappa shape index (κ1) is 17.4. The Morgan fingerprint density at radius 1 is 1.00 bits per heavy atom. The van der Waals surface area contributed by atoms with E-state index < -0.39 is 0 Å². The zero-order chi connectivity index (χ0) is 5.98. The molecule has 0 N–H and O–H groups in total. The molecule has 0 aromatic heterocycles. The molecule has 1 aromatic rings. The number of hydrogen-bond donors (Lipinski definition) is 0. The fourth-order valence-corrected chi connectivity index (χ4v) is 0.588. The minimum atomic E-state index is 0.